The number of aryl methyl sites for hydroxylation is 1. The van der Waals surface area contributed by atoms with Crippen LogP contribution >= 0.6 is 0 Å². The summed E-state index contributed by atoms with van der Waals surface area (Å²) in [7, 11) is 1.43. The van der Waals surface area contributed by atoms with Gasteiger partial charge >= 0.3 is 5.97 Å². The number of hydrogen-bond acceptors (Lipinski definition) is 2. The summed E-state index contributed by atoms with van der Waals surface area (Å²) in [6.07, 6.45) is 2.04. The summed E-state index contributed by atoms with van der Waals surface area (Å²) in [6.45, 7) is 4.26. The van der Waals surface area contributed by atoms with Gasteiger partial charge in [-0.1, -0.05) is 55.0 Å². The molecule has 0 aliphatic heterocycles. The van der Waals surface area contributed by atoms with Crippen LogP contribution in [-0.2, 0) is 9.53 Å². The number of benzene rings is 2. The van der Waals surface area contributed by atoms with Gasteiger partial charge in [-0.15, -0.1) is 0 Å². The van der Waals surface area contributed by atoms with E-state index in [1.54, 1.807) is 0 Å². The quantitative estimate of drug-likeness (QED) is 0.684. The maximum absolute atomic E-state index is 12.4. The number of fused-ring (bicyclic) bond motifs is 3. The molecule has 0 unspecified atom stereocenters. The number of carbonyl (C=O) groups excluding carboxylic acids is 1. The number of aromatic nitrogens is 1. The molecule has 1 heterocycles. The highest BCUT2D eigenvalue weighted by atomic mass is 16.5. The summed E-state index contributed by atoms with van der Waals surface area (Å²) in [6, 6.07) is 16.9. The van der Waals surface area contributed by atoms with Crippen LogP contribution in [0.25, 0.3) is 16.5 Å². The maximum Gasteiger partial charge on any atom is 0.339 e. The fourth-order valence-corrected chi connectivity index (χ4v) is 3.98. The van der Waals surface area contributed by atoms with Crippen LogP contribution in [0.15, 0.2) is 54.6 Å². The van der Waals surface area contributed by atoms with Gasteiger partial charge < -0.3 is 9.72 Å². The maximum atomic E-state index is 12.4. The molecule has 3 heteroatoms. The molecule has 0 amide bonds. The molecule has 1 aliphatic rings. The third kappa shape index (κ3) is 2.47. The van der Waals surface area contributed by atoms with Crippen molar-refractivity contribution in [1.29, 1.82) is 0 Å². The molecule has 4 rings (SSSR count). The highest BCUT2D eigenvalue weighted by Gasteiger charge is 2.34. The second kappa shape index (κ2) is 5.92. The van der Waals surface area contributed by atoms with Crippen molar-refractivity contribution in [3.8, 4) is 0 Å². The second-order valence-corrected chi connectivity index (χ2v) is 6.78. The summed E-state index contributed by atoms with van der Waals surface area (Å²) in [5.41, 5.74) is 6.24. The van der Waals surface area contributed by atoms with Crippen molar-refractivity contribution >= 4 is 22.4 Å². The number of aromatic amines is 1. The number of ether oxygens (including phenoxy) is 1. The summed E-state index contributed by atoms with van der Waals surface area (Å²) < 4.78 is 5.03. The van der Waals surface area contributed by atoms with E-state index in [0.29, 0.717) is 5.57 Å². The fourth-order valence-electron chi connectivity index (χ4n) is 3.98. The van der Waals surface area contributed by atoms with Crippen LogP contribution in [0, 0.1) is 12.8 Å². The van der Waals surface area contributed by atoms with Gasteiger partial charge in [0.15, 0.2) is 0 Å². The predicted molar refractivity (Wildman–Crippen MR) is 100 cm³/mol. The first-order valence-corrected chi connectivity index (χ1v) is 8.58. The molecule has 1 aromatic heterocycles. The van der Waals surface area contributed by atoms with Crippen molar-refractivity contribution in [3.63, 3.8) is 0 Å². The molecule has 3 nitrogen and oxygen atoms in total. The Morgan fingerprint density at radius 3 is 2.60 bits per heavy atom. The third-order valence-corrected chi connectivity index (χ3v) is 5.09. The number of nitrogens with one attached hydrogen (secondary N) is 1. The van der Waals surface area contributed by atoms with Crippen molar-refractivity contribution < 1.29 is 9.53 Å². The fraction of sp³-hybridized carbons (Fsp3) is 0.227. The molecule has 25 heavy (non-hydrogen) atoms. The van der Waals surface area contributed by atoms with Crippen molar-refractivity contribution in [2.24, 2.45) is 5.92 Å². The van der Waals surface area contributed by atoms with Crippen LogP contribution in [0.3, 0.4) is 0 Å². The SMILES string of the molecule is COC(=O)C1=C[C@@H](C)[C@H](c2ccccc2)c2c1[nH]c1ccc(C)cc21. The lowest BCUT2D eigenvalue weighted by molar-refractivity contribution is -0.133. The second-order valence-electron chi connectivity index (χ2n) is 6.78. The molecule has 1 N–H and O–H groups in total. The summed E-state index contributed by atoms with van der Waals surface area (Å²) >= 11 is 0. The van der Waals surface area contributed by atoms with E-state index in [-0.39, 0.29) is 17.8 Å². The number of methoxy groups -OCH3 is 1. The first-order valence-electron chi connectivity index (χ1n) is 8.58. The van der Waals surface area contributed by atoms with E-state index in [1.807, 2.05) is 12.1 Å². The molecule has 0 bridgehead atoms. The number of esters is 1. The van der Waals surface area contributed by atoms with Gasteiger partial charge in [0, 0.05) is 16.8 Å². The molecule has 0 saturated heterocycles. The molecule has 3 aromatic rings. The molecule has 0 fully saturated rings. The standard InChI is InChI=1S/C22H21NO2/c1-13-9-10-18-16(11-13)20-19(15-7-5-4-6-8-15)14(2)12-17(21(20)23-18)22(24)25-3/h4-12,14,19,23H,1-3H3/t14-,19-/m1/s1. The van der Waals surface area contributed by atoms with Gasteiger partial charge in [0.1, 0.15) is 0 Å². The van der Waals surface area contributed by atoms with Gasteiger partial charge in [-0.2, -0.15) is 0 Å². The van der Waals surface area contributed by atoms with Crippen molar-refractivity contribution in [1.82, 2.24) is 4.98 Å². The van der Waals surface area contributed by atoms with Crippen molar-refractivity contribution in [2.45, 2.75) is 19.8 Å². The Morgan fingerprint density at radius 2 is 1.88 bits per heavy atom. The Bertz CT molecular complexity index is 982. The molecular weight excluding hydrogens is 310 g/mol. The molecule has 0 spiro atoms. The van der Waals surface area contributed by atoms with E-state index in [4.69, 9.17) is 4.74 Å². The lowest BCUT2D eigenvalue weighted by Gasteiger charge is -2.28. The zero-order valence-corrected chi connectivity index (χ0v) is 14.7. The highest BCUT2D eigenvalue weighted by molar-refractivity contribution is 6.18. The highest BCUT2D eigenvalue weighted by Crippen LogP contribution is 2.45. The smallest absolute Gasteiger partial charge is 0.339 e. The average Bonchev–Trinajstić information content (AvgIpc) is 2.99. The molecule has 0 saturated carbocycles. The molecule has 0 radical (unpaired) electrons. The van der Waals surface area contributed by atoms with Crippen LogP contribution in [-0.4, -0.2) is 18.1 Å². The zero-order chi connectivity index (χ0) is 17.6. The number of H-pyrrole nitrogens is 1. The van der Waals surface area contributed by atoms with Gasteiger partial charge in [-0.3, -0.25) is 0 Å². The van der Waals surface area contributed by atoms with E-state index in [2.05, 4.69) is 61.3 Å². The Hall–Kier alpha value is -2.81. The summed E-state index contributed by atoms with van der Waals surface area (Å²) in [5.74, 6) is 0.117. The normalized spacial score (nSPS) is 19.4. The molecule has 2 atom stereocenters. The Kier molecular flexibility index (Phi) is 3.72. The van der Waals surface area contributed by atoms with E-state index >= 15 is 0 Å². The minimum absolute atomic E-state index is 0.198. The predicted octanol–water partition coefficient (Wildman–Crippen LogP) is 4.81. The van der Waals surface area contributed by atoms with Crippen molar-refractivity contribution in [2.75, 3.05) is 7.11 Å². The number of rotatable bonds is 2. The zero-order valence-electron chi connectivity index (χ0n) is 14.7. The van der Waals surface area contributed by atoms with E-state index in [1.165, 1.54) is 29.2 Å². The van der Waals surface area contributed by atoms with Crippen LogP contribution in [0.1, 0.15) is 35.2 Å². The topological polar surface area (TPSA) is 42.1 Å². The Labute approximate surface area is 147 Å². The van der Waals surface area contributed by atoms with Gasteiger partial charge in [0.05, 0.1) is 18.4 Å². The first-order chi connectivity index (χ1) is 12.1. The van der Waals surface area contributed by atoms with Crippen LogP contribution in [0.2, 0.25) is 0 Å². The number of carbonyl (C=O) groups is 1. The van der Waals surface area contributed by atoms with E-state index in [9.17, 15) is 4.79 Å². The van der Waals surface area contributed by atoms with Gasteiger partial charge in [-0.05, 0) is 36.1 Å². The Balaban J connectivity index is 2.03. The minimum Gasteiger partial charge on any atom is -0.465 e. The summed E-state index contributed by atoms with van der Waals surface area (Å²) in [4.78, 5) is 15.8. The van der Waals surface area contributed by atoms with Crippen molar-refractivity contribution in [3.05, 3.63) is 77.0 Å². The summed E-state index contributed by atoms with van der Waals surface area (Å²) in [5, 5.41) is 1.19. The lowest BCUT2D eigenvalue weighted by atomic mass is 9.75. The van der Waals surface area contributed by atoms with Crippen LogP contribution in [0.5, 0.6) is 0 Å². The van der Waals surface area contributed by atoms with E-state index < -0.39 is 0 Å². The van der Waals surface area contributed by atoms with Gasteiger partial charge in [0.2, 0.25) is 0 Å². The van der Waals surface area contributed by atoms with Crippen LogP contribution < -0.4 is 0 Å². The third-order valence-electron chi connectivity index (χ3n) is 5.09. The average molecular weight is 331 g/mol. The van der Waals surface area contributed by atoms with Crippen LogP contribution in [0.4, 0.5) is 0 Å². The minimum atomic E-state index is -0.289. The van der Waals surface area contributed by atoms with Gasteiger partial charge in [0.25, 0.3) is 0 Å². The molecular formula is C22H21NO2. The number of allylic oxidation sites excluding steroid dienone is 1. The van der Waals surface area contributed by atoms with Gasteiger partial charge in [-0.25, -0.2) is 4.79 Å². The monoisotopic (exact) mass is 331 g/mol. The molecule has 1 aliphatic carbocycles. The first kappa shape index (κ1) is 15.7. The largest absolute Gasteiger partial charge is 0.465 e. The lowest BCUT2D eigenvalue weighted by Crippen LogP contribution is -2.19. The Morgan fingerprint density at radius 1 is 1.12 bits per heavy atom. The van der Waals surface area contributed by atoms with E-state index in [0.717, 1.165) is 11.2 Å². The molecule has 2 aromatic carbocycles. The number of hydrogen-bond donors (Lipinski definition) is 1. The molecule has 126 valence electrons.